The normalized spacial score (nSPS) is 10.7. The number of halogens is 1. The van der Waals surface area contributed by atoms with Crippen molar-refractivity contribution in [3.8, 4) is 0 Å². The molecule has 0 spiro atoms. The third-order valence-electron chi connectivity index (χ3n) is 3.48. The summed E-state index contributed by atoms with van der Waals surface area (Å²) in [5.41, 5.74) is 3.84. The Morgan fingerprint density at radius 3 is 2.68 bits per heavy atom. The highest BCUT2D eigenvalue weighted by atomic mass is 35.5. The molecule has 1 heterocycles. The molecule has 0 fully saturated rings. The van der Waals surface area contributed by atoms with E-state index in [9.17, 15) is 4.79 Å². The van der Waals surface area contributed by atoms with Crippen molar-refractivity contribution in [3.63, 3.8) is 0 Å². The van der Waals surface area contributed by atoms with Crippen molar-refractivity contribution < 1.29 is 4.79 Å². The second kappa shape index (κ2) is 5.78. The predicted octanol–water partition coefficient (Wildman–Crippen LogP) is 4.76. The van der Waals surface area contributed by atoms with Gasteiger partial charge in [0.05, 0.1) is 21.8 Å². The number of aromatic nitrogens is 1. The molecule has 0 saturated heterocycles. The number of carbonyl (C=O) groups is 1. The molecule has 2 aromatic carbocycles. The molecule has 3 aromatic rings. The largest absolute Gasteiger partial charge is 0.320 e. The van der Waals surface area contributed by atoms with E-state index in [1.807, 2.05) is 50.2 Å². The molecule has 0 saturated carbocycles. The van der Waals surface area contributed by atoms with Crippen LogP contribution in [0.3, 0.4) is 0 Å². The van der Waals surface area contributed by atoms with E-state index < -0.39 is 0 Å². The molecule has 0 aliphatic carbocycles. The number of carbonyl (C=O) groups excluding carboxylic acids is 1. The fourth-order valence-corrected chi connectivity index (χ4v) is 2.66. The smallest absolute Gasteiger partial charge is 0.257 e. The van der Waals surface area contributed by atoms with Crippen molar-refractivity contribution in [2.45, 2.75) is 13.8 Å². The summed E-state index contributed by atoms with van der Waals surface area (Å²) in [6, 6.07) is 15.0. The minimum atomic E-state index is -0.235. The highest BCUT2D eigenvalue weighted by molar-refractivity contribution is 6.34. The standard InChI is InChI=1S/C18H15ClN2O/c1-11-6-9-14(15(19)10-11)18(22)21-16-5-3-4-13-8-7-12(2)20-17(13)16/h3-10H,1-2H3,(H,21,22). The van der Waals surface area contributed by atoms with Gasteiger partial charge in [-0.2, -0.15) is 0 Å². The number of hydrogen-bond acceptors (Lipinski definition) is 2. The lowest BCUT2D eigenvalue weighted by molar-refractivity contribution is 0.102. The number of hydrogen-bond donors (Lipinski definition) is 1. The van der Waals surface area contributed by atoms with Crippen LogP contribution in [0.4, 0.5) is 5.69 Å². The zero-order valence-electron chi connectivity index (χ0n) is 12.4. The summed E-state index contributed by atoms with van der Waals surface area (Å²) in [5, 5.41) is 4.33. The van der Waals surface area contributed by atoms with Gasteiger partial charge in [-0.3, -0.25) is 9.78 Å². The van der Waals surface area contributed by atoms with Crippen LogP contribution in [0.15, 0.2) is 48.5 Å². The van der Waals surface area contributed by atoms with E-state index in [0.29, 0.717) is 16.3 Å². The fourth-order valence-electron chi connectivity index (χ4n) is 2.34. The predicted molar refractivity (Wildman–Crippen MR) is 90.6 cm³/mol. The number of nitrogens with zero attached hydrogens (tertiary/aromatic N) is 1. The monoisotopic (exact) mass is 310 g/mol. The molecule has 1 aromatic heterocycles. The Morgan fingerprint density at radius 2 is 1.91 bits per heavy atom. The first-order valence-electron chi connectivity index (χ1n) is 6.98. The highest BCUT2D eigenvalue weighted by Gasteiger charge is 2.12. The molecular formula is C18H15ClN2O. The molecular weight excluding hydrogens is 296 g/mol. The molecule has 0 bridgehead atoms. The van der Waals surface area contributed by atoms with E-state index in [4.69, 9.17) is 11.6 Å². The summed E-state index contributed by atoms with van der Waals surface area (Å²) in [7, 11) is 0. The number of benzene rings is 2. The lowest BCUT2D eigenvalue weighted by Crippen LogP contribution is -2.13. The summed E-state index contributed by atoms with van der Waals surface area (Å²) in [6.45, 7) is 3.86. The maximum atomic E-state index is 12.5. The van der Waals surface area contributed by atoms with Crippen LogP contribution in [-0.4, -0.2) is 10.9 Å². The van der Waals surface area contributed by atoms with Gasteiger partial charge in [0.25, 0.3) is 5.91 Å². The van der Waals surface area contributed by atoms with Crippen LogP contribution in [0.5, 0.6) is 0 Å². The van der Waals surface area contributed by atoms with Crippen molar-refractivity contribution in [2.24, 2.45) is 0 Å². The van der Waals surface area contributed by atoms with Crippen LogP contribution in [0.1, 0.15) is 21.6 Å². The molecule has 0 unspecified atom stereocenters. The van der Waals surface area contributed by atoms with Crippen molar-refractivity contribution in [1.82, 2.24) is 4.98 Å². The maximum Gasteiger partial charge on any atom is 0.257 e. The van der Waals surface area contributed by atoms with Gasteiger partial charge in [0.1, 0.15) is 0 Å². The van der Waals surface area contributed by atoms with Gasteiger partial charge in [0, 0.05) is 11.1 Å². The zero-order chi connectivity index (χ0) is 15.7. The zero-order valence-corrected chi connectivity index (χ0v) is 13.1. The number of amides is 1. The van der Waals surface area contributed by atoms with Crippen molar-refractivity contribution in [2.75, 3.05) is 5.32 Å². The first-order valence-corrected chi connectivity index (χ1v) is 7.36. The second-order valence-electron chi connectivity index (χ2n) is 5.27. The van der Waals surface area contributed by atoms with E-state index >= 15 is 0 Å². The van der Waals surface area contributed by atoms with Crippen molar-refractivity contribution in [1.29, 1.82) is 0 Å². The van der Waals surface area contributed by atoms with E-state index in [-0.39, 0.29) is 5.91 Å². The Bertz CT molecular complexity index is 874. The summed E-state index contributed by atoms with van der Waals surface area (Å²) < 4.78 is 0. The molecule has 1 amide bonds. The molecule has 110 valence electrons. The van der Waals surface area contributed by atoms with E-state index in [1.165, 1.54) is 0 Å². The van der Waals surface area contributed by atoms with Gasteiger partial charge in [0.2, 0.25) is 0 Å². The third-order valence-corrected chi connectivity index (χ3v) is 3.79. The van der Waals surface area contributed by atoms with E-state index in [2.05, 4.69) is 10.3 Å². The number of rotatable bonds is 2. The van der Waals surface area contributed by atoms with Gasteiger partial charge >= 0.3 is 0 Å². The van der Waals surface area contributed by atoms with Crippen LogP contribution in [0.25, 0.3) is 10.9 Å². The van der Waals surface area contributed by atoms with Gasteiger partial charge in [0.15, 0.2) is 0 Å². The Balaban J connectivity index is 1.99. The van der Waals surface area contributed by atoms with Crippen LogP contribution in [-0.2, 0) is 0 Å². The van der Waals surface area contributed by atoms with E-state index in [1.54, 1.807) is 12.1 Å². The molecule has 0 atom stereocenters. The topological polar surface area (TPSA) is 42.0 Å². The maximum absolute atomic E-state index is 12.5. The molecule has 1 N–H and O–H groups in total. The number of fused-ring (bicyclic) bond motifs is 1. The van der Waals surface area contributed by atoms with Gasteiger partial charge in [-0.15, -0.1) is 0 Å². The summed E-state index contributed by atoms with van der Waals surface area (Å²) in [6.07, 6.45) is 0. The van der Waals surface area contributed by atoms with Crippen LogP contribution < -0.4 is 5.32 Å². The third kappa shape index (κ3) is 2.81. The second-order valence-corrected chi connectivity index (χ2v) is 5.67. The number of para-hydroxylation sites is 1. The van der Waals surface area contributed by atoms with Crippen LogP contribution >= 0.6 is 11.6 Å². The average molecular weight is 311 g/mol. The lowest BCUT2D eigenvalue weighted by Gasteiger charge is -2.10. The van der Waals surface area contributed by atoms with Crippen molar-refractivity contribution in [3.05, 3.63) is 70.4 Å². The van der Waals surface area contributed by atoms with Crippen molar-refractivity contribution >= 4 is 34.1 Å². The average Bonchev–Trinajstić information content (AvgIpc) is 2.47. The molecule has 22 heavy (non-hydrogen) atoms. The molecule has 0 aliphatic heterocycles. The SMILES string of the molecule is Cc1ccc(C(=O)Nc2cccc3ccc(C)nc23)c(Cl)c1. The Labute approximate surface area is 133 Å². The summed E-state index contributed by atoms with van der Waals surface area (Å²) in [5.74, 6) is -0.235. The minimum absolute atomic E-state index is 0.235. The number of pyridine rings is 1. The number of aryl methyl sites for hydroxylation is 2. The minimum Gasteiger partial charge on any atom is -0.320 e. The van der Waals surface area contributed by atoms with Gasteiger partial charge < -0.3 is 5.32 Å². The van der Waals surface area contributed by atoms with Gasteiger partial charge in [-0.25, -0.2) is 0 Å². The number of anilines is 1. The molecule has 4 heteroatoms. The first-order chi connectivity index (χ1) is 10.5. The van der Waals surface area contributed by atoms with E-state index in [0.717, 1.165) is 22.2 Å². The van der Waals surface area contributed by atoms with Crippen LogP contribution in [0, 0.1) is 13.8 Å². The van der Waals surface area contributed by atoms with Gasteiger partial charge in [-0.05, 0) is 43.7 Å². The lowest BCUT2D eigenvalue weighted by atomic mass is 10.1. The first kappa shape index (κ1) is 14.5. The molecule has 0 radical (unpaired) electrons. The Kier molecular flexibility index (Phi) is 3.82. The fraction of sp³-hybridized carbons (Fsp3) is 0.111. The van der Waals surface area contributed by atoms with Crippen LogP contribution in [0.2, 0.25) is 5.02 Å². The number of nitrogens with one attached hydrogen (secondary N) is 1. The molecule has 3 nitrogen and oxygen atoms in total. The summed E-state index contributed by atoms with van der Waals surface area (Å²) in [4.78, 5) is 17.0. The molecule has 3 rings (SSSR count). The Hall–Kier alpha value is -2.39. The summed E-state index contributed by atoms with van der Waals surface area (Å²) >= 11 is 6.16. The Morgan fingerprint density at radius 1 is 1.09 bits per heavy atom. The molecule has 0 aliphatic rings. The highest BCUT2D eigenvalue weighted by Crippen LogP contribution is 2.24. The van der Waals surface area contributed by atoms with Gasteiger partial charge in [-0.1, -0.05) is 35.9 Å². The quantitative estimate of drug-likeness (QED) is 0.741.